The number of aliphatic hydroxyl groups is 1. The van der Waals surface area contributed by atoms with E-state index in [9.17, 15) is 0 Å². The van der Waals surface area contributed by atoms with Gasteiger partial charge >= 0.3 is 0 Å². The van der Waals surface area contributed by atoms with Crippen LogP contribution in [-0.4, -0.2) is 11.2 Å². The first-order chi connectivity index (χ1) is 3.79. The average Bonchev–Trinajstić information content (AvgIpc) is 1.64. The second-order valence-corrected chi connectivity index (χ2v) is 2.47. The molecule has 0 saturated carbocycles. The molecular formula is C7H12O. The van der Waals surface area contributed by atoms with Crippen molar-refractivity contribution < 1.29 is 5.11 Å². The Balaban J connectivity index is 2.50. The van der Waals surface area contributed by atoms with E-state index in [2.05, 4.69) is 6.92 Å². The predicted molar refractivity (Wildman–Crippen MR) is 33.6 cm³/mol. The number of allylic oxidation sites excluding steroid dienone is 1. The maximum Gasteiger partial charge on any atom is 0.0723 e. The summed E-state index contributed by atoms with van der Waals surface area (Å²) in [6.45, 7) is 2.07. The SMILES string of the molecule is CC1=C[C@@H](O)CCC1. The minimum Gasteiger partial charge on any atom is -0.389 e. The lowest BCUT2D eigenvalue weighted by atomic mass is 9.99. The molecule has 0 bridgehead atoms. The van der Waals surface area contributed by atoms with Crippen molar-refractivity contribution in [3.05, 3.63) is 11.6 Å². The third-order valence-corrected chi connectivity index (χ3v) is 1.55. The van der Waals surface area contributed by atoms with Gasteiger partial charge in [-0.2, -0.15) is 0 Å². The van der Waals surface area contributed by atoms with Crippen LogP contribution in [-0.2, 0) is 0 Å². The second kappa shape index (κ2) is 2.31. The molecule has 0 fully saturated rings. The third-order valence-electron chi connectivity index (χ3n) is 1.55. The first kappa shape index (κ1) is 5.83. The summed E-state index contributed by atoms with van der Waals surface area (Å²) in [7, 11) is 0. The molecule has 0 aliphatic heterocycles. The molecule has 0 unspecified atom stereocenters. The summed E-state index contributed by atoms with van der Waals surface area (Å²) in [6, 6.07) is 0. The van der Waals surface area contributed by atoms with Gasteiger partial charge in [0.25, 0.3) is 0 Å². The van der Waals surface area contributed by atoms with E-state index in [-0.39, 0.29) is 6.10 Å². The summed E-state index contributed by atoms with van der Waals surface area (Å²) in [4.78, 5) is 0. The molecule has 1 rings (SSSR count). The van der Waals surface area contributed by atoms with Crippen molar-refractivity contribution in [3.8, 4) is 0 Å². The Morgan fingerprint density at radius 1 is 1.75 bits per heavy atom. The van der Waals surface area contributed by atoms with Crippen LogP contribution in [0.4, 0.5) is 0 Å². The summed E-state index contributed by atoms with van der Waals surface area (Å²) in [5.74, 6) is 0. The Hall–Kier alpha value is -0.300. The maximum absolute atomic E-state index is 9.00. The second-order valence-electron chi connectivity index (χ2n) is 2.47. The average molecular weight is 112 g/mol. The van der Waals surface area contributed by atoms with Crippen LogP contribution >= 0.6 is 0 Å². The smallest absolute Gasteiger partial charge is 0.0723 e. The van der Waals surface area contributed by atoms with Crippen LogP contribution in [0.3, 0.4) is 0 Å². The molecule has 1 aliphatic carbocycles. The minimum atomic E-state index is -0.149. The maximum atomic E-state index is 9.00. The molecule has 0 heterocycles. The van der Waals surface area contributed by atoms with Gasteiger partial charge in [0.2, 0.25) is 0 Å². The Labute approximate surface area is 50.0 Å². The Bertz CT molecular complexity index is 105. The Morgan fingerprint density at radius 2 is 2.50 bits per heavy atom. The highest BCUT2D eigenvalue weighted by molar-refractivity contribution is 5.04. The highest BCUT2D eigenvalue weighted by Gasteiger charge is 2.05. The molecule has 0 aromatic heterocycles. The van der Waals surface area contributed by atoms with E-state index in [1.165, 1.54) is 12.0 Å². The number of hydrogen-bond donors (Lipinski definition) is 1. The van der Waals surface area contributed by atoms with Crippen molar-refractivity contribution in [3.63, 3.8) is 0 Å². The van der Waals surface area contributed by atoms with Gasteiger partial charge in [-0.25, -0.2) is 0 Å². The van der Waals surface area contributed by atoms with Gasteiger partial charge in [0, 0.05) is 0 Å². The van der Waals surface area contributed by atoms with Gasteiger partial charge < -0.3 is 5.11 Å². The lowest BCUT2D eigenvalue weighted by molar-refractivity contribution is 0.202. The van der Waals surface area contributed by atoms with E-state index in [4.69, 9.17) is 5.11 Å². The molecule has 0 amide bonds. The molecular weight excluding hydrogens is 100 g/mol. The number of aliphatic hydroxyl groups excluding tert-OH is 1. The van der Waals surface area contributed by atoms with E-state index >= 15 is 0 Å². The zero-order valence-corrected chi connectivity index (χ0v) is 5.22. The molecule has 1 aliphatic rings. The van der Waals surface area contributed by atoms with E-state index in [0.29, 0.717) is 0 Å². The number of hydrogen-bond acceptors (Lipinski definition) is 1. The van der Waals surface area contributed by atoms with Crippen molar-refractivity contribution in [2.75, 3.05) is 0 Å². The van der Waals surface area contributed by atoms with E-state index in [1.54, 1.807) is 0 Å². The fraction of sp³-hybridized carbons (Fsp3) is 0.714. The van der Waals surface area contributed by atoms with Crippen molar-refractivity contribution in [1.29, 1.82) is 0 Å². The van der Waals surface area contributed by atoms with Crippen LogP contribution in [0.25, 0.3) is 0 Å². The molecule has 1 atom stereocenters. The summed E-state index contributed by atoms with van der Waals surface area (Å²) in [5, 5.41) is 9.00. The van der Waals surface area contributed by atoms with Crippen LogP contribution in [0.2, 0.25) is 0 Å². The van der Waals surface area contributed by atoms with Crippen molar-refractivity contribution in [2.24, 2.45) is 0 Å². The topological polar surface area (TPSA) is 20.2 Å². The molecule has 0 saturated heterocycles. The molecule has 1 heteroatoms. The zero-order valence-electron chi connectivity index (χ0n) is 5.22. The first-order valence-electron chi connectivity index (χ1n) is 3.14. The summed E-state index contributed by atoms with van der Waals surface area (Å²) in [6.07, 6.45) is 5.09. The van der Waals surface area contributed by atoms with Gasteiger partial charge in [0.05, 0.1) is 6.10 Å². The van der Waals surface area contributed by atoms with E-state index in [0.717, 1.165) is 12.8 Å². The number of rotatable bonds is 0. The lowest BCUT2D eigenvalue weighted by Gasteiger charge is -2.12. The third kappa shape index (κ3) is 1.34. The molecule has 1 nitrogen and oxygen atoms in total. The highest BCUT2D eigenvalue weighted by atomic mass is 16.3. The van der Waals surface area contributed by atoms with Gasteiger partial charge in [-0.3, -0.25) is 0 Å². The van der Waals surface area contributed by atoms with E-state index in [1.807, 2.05) is 6.08 Å². The highest BCUT2D eigenvalue weighted by Crippen LogP contribution is 2.16. The summed E-state index contributed by atoms with van der Waals surface area (Å²) in [5.41, 5.74) is 1.34. The molecule has 0 radical (unpaired) electrons. The van der Waals surface area contributed by atoms with Gasteiger partial charge in [-0.1, -0.05) is 11.6 Å². The van der Waals surface area contributed by atoms with Crippen molar-refractivity contribution >= 4 is 0 Å². The zero-order chi connectivity index (χ0) is 5.98. The van der Waals surface area contributed by atoms with Gasteiger partial charge in [-0.05, 0) is 26.2 Å². The lowest BCUT2D eigenvalue weighted by Crippen LogP contribution is -2.07. The summed E-state index contributed by atoms with van der Waals surface area (Å²) >= 11 is 0. The standard InChI is InChI=1S/C7H12O/c1-6-3-2-4-7(8)5-6/h5,7-8H,2-4H2,1H3/t7-/m0/s1. The fourth-order valence-electron chi connectivity index (χ4n) is 1.09. The van der Waals surface area contributed by atoms with Crippen molar-refractivity contribution in [1.82, 2.24) is 0 Å². The van der Waals surface area contributed by atoms with Crippen LogP contribution in [0.5, 0.6) is 0 Å². The van der Waals surface area contributed by atoms with Crippen molar-refractivity contribution in [2.45, 2.75) is 32.3 Å². The largest absolute Gasteiger partial charge is 0.389 e. The predicted octanol–water partition coefficient (Wildman–Crippen LogP) is 1.48. The van der Waals surface area contributed by atoms with Crippen LogP contribution in [0, 0.1) is 0 Å². The Morgan fingerprint density at radius 3 is 2.88 bits per heavy atom. The van der Waals surface area contributed by atoms with E-state index < -0.39 is 0 Å². The van der Waals surface area contributed by atoms with Gasteiger partial charge in [-0.15, -0.1) is 0 Å². The molecule has 1 N–H and O–H groups in total. The molecule has 0 aromatic rings. The molecule has 0 aromatic carbocycles. The first-order valence-corrected chi connectivity index (χ1v) is 3.14. The van der Waals surface area contributed by atoms with Crippen LogP contribution in [0.1, 0.15) is 26.2 Å². The molecule has 46 valence electrons. The quantitative estimate of drug-likeness (QED) is 0.470. The van der Waals surface area contributed by atoms with Gasteiger partial charge in [0.1, 0.15) is 0 Å². The van der Waals surface area contributed by atoms with Crippen LogP contribution in [0.15, 0.2) is 11.6 Å². The normalized spacial score (nSPS) is 29.8. The fourth-order valence-corrected chi connectivity index (χ4v) is 1.09. The molecule has 0 spiro atoms. The summed E-state index contributed by atoms with van der Waals surface area (Å²) < 4.78 is 0. The molecule has 8 heavy (non-hydrogen) atoms. The van der Waals surface area contributed by atoms with Gasteiger partial charge in [0.15, 0.2) is 0 Å². The monoisotopic (exact) mass is 112 g/mol. The minimum absolute atomic E-state index is 0.149. The Kier molecular flexibility index (Phi) is 1.69. The van der Waals surface area contributed by atoms with Crippen LogP contribution < -0.4 is 0 Å².